The minimum absolute atomic E-state index is 0.0136. The van der Waals surface area contributed by atoms with Crippen molar-refractivity contribution in [2.24, 2.45) is 0 Å². The molecule has 0 aliphatic heterocycles. The van der Waals surface area contributed by atoms with Crippen molar-refractivity contribution in [2.75, 3.05) is 23.8 Å². The molecule has 0 aliphatic carbocycles. The second kappa shape index (κ2) is 9.36. The van der Waals surface area contributed by atoms with Gasteiger partial charge in [-0.3, -0.25) is 4.79 Å². The van der Waals surface area contributed by atoms with Crippen LogP contribution in [0.2, 0.25) is 0 Å². The summed E-state index contributed by atoms with van der Waals surface area (Å²) in [5.41, 5.74) is 2.50. The number of benzene rings is 3. The van der Waals surface area contributed by atoms with Gasteiger partial charge in [0.1, 0.15) is 0 Å². The zero-order chi connectivity index (χ0) is 20.7. The summed E-state index contributed by atoms with van der Waals surface area (Å²) < 4.78 is 26.9. The Labute approximate surface area is 171 Å². The molecule has 1 amide bonds. The van der Waals surface area contributed by atoms with Crippen LogP contribution < -0.4 is 14.9 Å². The Hall–Kier alpha value is -3.16. The molecule has 0 fully saturated rings. The molecule has 0 spiro atoms. The van der Waals surface area contributed by atoms with Gasteiger partial charge in [0.2, 0.25) is 15.9 Å². The molecule has 0 atom stereocenters. The normalized spacial score (nSPS) is 11.1. The lowest BCUT2D eigenvalue weighted by Gasteiger charge is -2.22. The summed E-state index contributed by atoms with van der Waals surface area (Å²) >= 11 is 0. The van der Waals surface area contributed by atoms with Crippen LogP contribution in [0.15, 0.2) is 89.8 Å². The Morgan fingerprint density at radius 3 is 2.14 bits per heavy atom. The van der Waals surface area contributed by atoms with Crippen molar-refractivity contribution in [3.05, 3.63) is 84.9 Å². The number of nitrogens with zero attached hydrogens (tertiary/aromatic N) is 1. The molecule has 0 aromatic heterocycles. The first-order valence-electron chi connectivity index (χ1n) is 9.20. The smallest absolute Gasteiger partial charge is 0.240 e. The van der Waals surface area contributed by atoms with Gasteiger partial charge in [-0.1, -0.05) is 48.5 Å². The lowest BCUT2D eigenvalue weighted by atomic mass is 10.2. The number of para-hydroxylation sites is 3. The number of sulfonamides is 1. The number of carbonyl (C=O) groups excluding carboxylic acids is 1. The maximum atomic E-state index is 12.4. The molecule has 3 aromatic rings. The van der Waals surface area contributed by atoms with Crippen LogP contribution in [0.1, 0.15) is 6.42 Å². The average Bonchev–Trinajstić information content (AvgIpc) is 2.75. The molecule has 150 valence electrons. The van der Waals surface area contributed by atoms with E-state index >= 15 is 0 Å². The fraction of sp³-hybridized carbons (Fsp3) is 0.136. The number of amides is 1. The highest BCUT2D eigenvalue weighted by atomic mass is 32.2. The predicted octanol–water partition coefficient (Wildman–Crippen LogP) is 3.76. The molecule has 0 saturated heterocycles. The number of carbonyl (C=O) groups is 1. The second-order valence-corrected chi connectivity index (χ2v) is 8.19. The Morgan fingerprint density at radius 2 is 1.45 bits per heavy atom. The van der Waals surface area contributed by atoms with Crippen molar-refractivity contribution in [3.8, 4) is 0 Å². The van der Waals surface area contributed by atoms with Gasteiger partial charge in [-0.15, -0.1) is 0 Å². The van der Waals surface area contributed by atoms with Gasteiger partial charge in [0.25, 0.3) is 0 Å². The molecule has 0 bridgehead atoms. The largest absolute Gasteiger partial charge is 0.343 e. The van der Waals surface area contributed by atoms with Gasteiger partial charge < -0.3 is 10.2 Å². The van der Waals surface area contributed by atoms with Crippen LogP contribution in [0.3, 0.4) is 0 Å². The van der Waals surface area contributed by atoms with E-state index in [2.05, 4.69) is 10.0 Å². The number of anilines is 3. The molecule has 3 aromatic carbocycles. The molecular weight excluding hydrogens is 386 g/mol. The first-order chi connectivity index (χ1) is 14.0. The van der Waals surface area contributed by atoms with E-state index in [-0.39, 0.29) is 23.8 Å². The fourth-order valence-electron chi connectivity index (χ4n) is 2.86. The van der Waals surface area contributed by atoms with E-state index in [1.165, 1.54) is 12.1 Å². The number of rotatable bonds is 8. The maximum Gasteiger partial charge on any atom is 0.240 e. The van der Waals surface area contributed by atoms with Gasteiger partial charge in [0, 0.05) is 25.7 Å². The van der Waals surface area contributed by atoms with E-state index in [4.69, 9.17) is 0 Å². The topological polar surface area (TPSA) is 78.5 Å². The zero-order valence-corrected chi connectivity index (χ0v) is 16.9. The highest BCUT2D eigenvalue weighted by molar-refractivity contribution is 7.89. The Bertz CT molecular complexity index is 1050. The summed E-state index contributed by atoms with van der Waals surface area (Å²) in [4.78, 5) is 14.5. The van der Waals surface area contributed by atoms with Crippen LogP contribution >= 0.6 is 0 Å². The van der Waals surface area contributed by atoms with Crippen LogP contribution in [0.5, 0.6) is 0 Å². The SMILES string of the molecule is CN(c1ccccc1)c1ccccc1NC(=O)CCNS(=O)(=O)c1ccccc1. The molecular formula is C22H23N3O3S. The van der Waals surface area contributed by atoms with E-state index in [9.17, 15) is 13.2 Å². The summed E-state index contributed by atoms with van der Waals surface area (Å²) in [6.07, 6.45) is 0.0233. The molecule has 2 N–H and O–H groups in total. The van der Waals surface area contributed by atoms with E-state index in [1.54, 1.807) is 18.2 Å². The molecule has 0 saturated carbocycles. The zero-order valence-electron chi connectivity index (χ0n) is 16.1. The van der Waals surface area contributed by atoms with Gasteiger partial charge in [0.05, 0.1) is 16.3 Å². The molecule has 3 rings (SSSR count). The van der Waals surface area contributed by atoms with Gasteiger partial charge in [-0.05, 0) is 36.4 Å². The third kappa shape index (κ3) is 5.43. The number of hydrogen-bond donors (Lipinski definition) is 2. The van der Waals surface area contributed by atoms with E-state index in [0.717, 1.165) is 11.4 Å². The summed E-state index contributed by atoms with van der Waals surface area (Å²) in [6, 6.07) is 25.4. The van der Waals surface area contributed by atoms with Crippen molar-refractivity contribution in [3.63, 3.8) is 0 Å². The average molecular weight is 410 g/mol. The van der Waals surface area contributed by atoms with E-state index in [0.29, 0.717) is 5.69 Å². The Morgan fingerprint density at radius 1 is 0.862 bits per heavy atom. The maximum absolute atomic E-state index is 12.4. The quantitative estimate of drug-likeness (QED) is 0.594. The summed E-state index contributed by atoms with van der Waals surface area (Å²) in [6.45, 7) is 0.0136. The summed E-state index contributed by atoms with van der Waals surface area (Å²) in [7, 11) is -1.70. The van der Waals surface area contributed by atoms with Crippen LogP contribution in [-0.2, 0) is 14.8 Å². The lowest BCUT2D eigenvalue weighted by molar-refractivity contribution is -0.116. The minimum atomic E-state index is -3.62. The number of nitrogens with one attached hydrogen (secondary N) is 2. The molecule has 7 heteroatoms. The second-order valence-electron chi connectivity index (χ2n) is 6.42. The fourth-order valence-corrected chi connectivity index (χ4v) is 3.91. The molecule has 0 unspecified atom stereocenters. The van der Waals surface area contributed by atoms with Crippen LogP contribution in [0.4, 0.5) is 17.1 Å². The first kappa shape index (κ1) is 20.6. The Balaban J connectivity index is 1.62. The van der Waals surface area contributed by atoms with E-state index in [1.807, 2.05) is 66.5 Å². The van der Waals surface area contributed by atoms with Gasteiger partial charge in [-0.2, -0.15) is 0 Å². The Kier molecular flexibility index (Phi) is 6.64. The summed E-state index contributed by atoms with van der Waals surface area (Å²) in [5, 5.41) is 2.87. The minimum Gasteiger partial charge on any atom is -0.343 e. The lowest BCUT2D eigenvalue weighted by Crippen LogP contribution is -2.28. The van der Waals surface area contributed by atoms with Crippen molar-refractivity contribution in [1.82, 2.24) is 4.72 Å². The highest BCUT2D eigenvalue weighted by Gasteiger charge is 2.15. The van der Waals surface area contributed by atoms with Gasteiger partial charge in [0.15, 0.2) is 0 Å². The first-order valence-corrected chi connectivity index (χ1v) is 10.7. The molecule has 0 radical (unpaired) electrons. The van der Waals surface area contributed by atoms with Crippen molar-refractivity contribution in [2.45, 2.75) is 11.3 Å². The third-order valence-corrected chi connectivity index (χ3v) is 5.86. The monoisotopic (exact) mass is 409 g/mol. The highest BCUT2D eigenvalue weighted by Crippen LogP contribution is 2.30. The third-order valence-electron chi connectivity index (χ3n) is 4.38. The van der Waals surface area contributed by atoms with Gasteiger partial charge in [-0.25, -0.2) is 13.1 Å². The van der Waals surface area contributed by atoms with Gasteiger partial charge >= 0.3 is 0 Å². The van der Waals surface area contributed by atoms with Crippen molar-refractivity contribution in [1.29, 1.82) is 0 Å². The van der Waals surface area contributed by atoms with Crippen molar-refractivity contribution < 1.29 is 13.2 Å². The standard InChI is InChI=1S/C22H23N3O3S/c1-25(18-10-4-2-5-11-18)21-15-9-8-14-20(21)24-22(26)16-17-23-29(27,28)19-12-6-3-7-13-19/h2-15,23H,16-17H2,1H3,(H,24,26). The van der Waals surface area contributed by atoms with E-state index < -0.39 is 10.0 Å². The molecule has 6 nitrogen and oxygen atoms in total. The summed E-state index contributed by atoms with van der Waals surface area (Å²) in [5.74, 6) is -0.269. The molecule has 0 heterocycles. The molecule has 0 aliphatic rings. The van der Waals surface area contributed by atoms with Crippen LogP contribution in [-0.4, -0.2) is 27.9 Å². The number of hydrogen-bond acceptors (Lipinski definition) is 4. The van der Waals surface area contributed by atoms with Crippen LogP contribution in [0.25, 0.3) is 0 Å². The predicted molar refractivity (Wildman–Crippen MR) is 116 cm³/mol. The van der Waals surface area contributed by atoms with Crippen molar-refractivity contribution >= 4 is 33.0 Å². The molecule has 29 heavy (non-hydrogen) atoms. The van der Waals surface area contributed by atoms with Crippen LogP contribution in [0, 0.1) is 0 Å².